The topological polar surface area (TPSA) is 69.6 Å². The number of nitrogens with zero attached hydrogens (tertiary/aromatic N) is 1. The van der Waals surface area contributed by atoms with Crippen LogP contribution in [0.1, 0.15) is 45.4 Å². The first kappa shape index (κ1) is 13.7. The number of hydrogen-bond donors (Lipinski definition) is 2. The van der Waals surface area contributed by atoms with Gasteiger partial charge in [0.25, 0.3) is 0 Å². The van der Waals surface area contributed by atoms with Gasteiger partial charge >= 0.3 is 12.0 Å². The number of amides is 2. The standard InChI is InChI=1S/C15H24N2O3/c1-9-6-7-17(12(8-9)14(18)19)15(20)16-13(10-2-3-10)11-4-5-11/h9-13H,2-8H2,1H3,(H,16,20)(H,18,19). The fraction of sp³-hybridized carbons (Fsp3) is 0.867. The molecule has 3 aliphatic rings. The first-order chi connectivity index (χ1) is 9.56. The van der Waals surface area contributed by atoms with E-state index in [-0.39, 0.29) is 12.1 Å². The van der Waals surface area contributed by atoms with Gasteiger partial charge in [0.05, 0.1) is 0 Å². The number of carboxylic acid groups (broad SMARTS) is 1. The van der Waals surface area contributed by atoms with Crippen LogP contribution in [0.5, 0.6) is 0 Å². The van der Waals surface area contributed by atoms with Crippen molar-refractivity contribution in [3.05, 3.63) is 0 Å². The smallest absolute Gasteiger partial charge is 0.326 e. The minimum absolute atomic E-state index is 0.159. The molecular formula is C15H24N2O3. The highest BCUT2D eigenvalue weighted by Crippen LogP contribution is 2.44. The third kappa shape index (κ3) is 2.91. The van der Waals surface area contributed by atoms with Gasteiger partial charge < -0.3 is 15.3 Å². The van der Waals surface area contributed by atoms with Crippen LogP contribution in [-0.4, -0.2) is 40.6 Å². The summed E-state index contributed by atoms with van der Waals surface area (Å²) in [7, 11) is 0. The second kappa shape index (κ2) is 5.26. The molecule has 0 bridgehead atoms. The predicted molar refractivity (Wildman–Crippen MR) is 74.3 cm³/mol. The lowest BCUT2D eigenvalue weighted by molar-refractivity contribution is -0.143. The minimum Gasteiger partial charge on any atom is -0.480 e. The Morgan fingerprint density at radius 2 is 1.75 bits per heavy atom. The zero-order valence-corrected chi connectivity index (χ0v) is 12.0. The van der Waals surface area contributed by atoms with Gasteiger partial charge in [0, 0.05) is 12.6 Å². The van der Waals surface area contributed by atoms with E-state index < -0.39 is 12.0 Å². The quantitative estimate of drug-likeness (QED) is 0.828. The number of nitrogens with one attached hydrogen (secondary N) is 1. The summed E-state index contributed by atoms with van der Waals surface area (Å²) in [5.74, 6) is 0.779. The van der Waals surface area contributed by atoms with Crippen molar-refractivity contribution in [2.45, 2.75) is 57.5 Å². The maximum atomic E-state index is 12.4. The summed E-state index contributed by atoms with van der Waals surface area (Å²) in [4.78, 5) is 25.4. The molecule has 2 N–H and O–H groups in total. The summed E-state index contributed by atoms with van der Waals surface area (Å²) in [6.07, 6.45) is 6.30. The molecule has 0 spiro atoms. The summed E-state index contributed by atoms with van der Waals surface area (Å²) >= 11 is 0. The van der Waals surface area contributed by atoms with Gasteiger partial charge in [0.2, 0.25) is 0 Å². The molecule has 2 unspecified atom stereocenters. The number of carbonyl (C=O) groups is 2. The van der Waals surface area contributed by atoms with Crippen molar-refractivity contribution in [1.82, 2.24) is 10.2 Å². The molecular weight excluding hydrogens is 256 g/mol. The molecule has 2 saturated carbocycles. The molecule has 0 aromatic heterocycles. The Hall–Kier alpha value is -1.26. The van der Waals surface area contributed by atoms with Crippen molar-refractivity contribution in [1.29, 1.82) is 0 Å². The molecule has 1 saturated heterocycles. The van der Waals surface area contributed by atoms with Crippen LogP contribution < -0.4 is 5.32 Å². The van der Waals surface area contributed by atoms with Gasteiger partial charge in [-0.1, -0.05) is 6.92 Å². The minimum atomic E-state index is -0.874. The molecule has 2 atom stereocenters. The molecule has 5 nitrogen and oxygen atoms in total. The summed E-state index contributed by atoms with van der Waals surface area (Å²) in [6.45, 7) is 2.62. The molecule has 2 amide bonds. The van der Waals surface area contributed by atoms with E-state index in [1.165, 1.54) is 25.7 Å². The van der Waals surface area contributed by atoms with Crippen molar-refractivity contribution in [2.24, 2.45) is 17.8 Å². The molecule has 20 heavy (non-hydrogen) atoms. The van der Waals surface area contributed by atoms with E-state index in [9.17, 15) is 14.7 Å². The molecule has 112 valence electrons. The maximum absolute atomic E-state index is 12.4. The highest BCUT2D eigenvalue weighted by atomic mass is 16.4. The Balaban J connectivity index is 1.63. The Morgan fingerprint density at radius 1 is 1.15 bits per heavy atom. The van der Waals surface area contributed by atoms with E-state index in [4.69, 9.17) is 0 Å². The summed E-state index contributed by atoms with van der Waals surface area (Å²) in [5.41, 5.74) is 0. The first-order valence-corrected chi connectivity index (χ1v) is 7.86. The van der Waals surface area contributed by atoms with E-state index in [1.807, 2.05) is 0 Å². The van der Waals surface area contributed by atoms with E-state index >= 15 is 0 Å². The number of rotatable bonds is 4. The number of carbonyl (C=O) groups excluding carboxylic acids is 1. The zero-order valence-electron chi connectivity index (χ0n) is 12.0. The first-order valence-electron chi connectivity index (χ1n) is 7.86. The third-order valence-corrected chi connectivity index (χ3v) is 4.96. The number of aliphatic carboxylic acids is 1. The maximum Gasteiger partial charge on any atom is 0.326 e. The van der Waals surface area contributed by atoms with Gasteiger partial charge in [-0.05, 0) is 56.3 Å². The van der Waals surface area contributed by atoms with E-state index in [2.05, 4.69) is 12.2 Å². The Labute approximate surface area is 119 Å². The molecule has 3 fully saturated rings. The Kier molecular flexibility index (Phi) is 3.61. The molecule has 3 rings (SSSR count). The lowest BCUT2D eigenvalue weighted by Crippen LogP contribution is -2.55. The number of piperidine rings is 1. The van der Waals surface area contributed by atoms with Crippen molar-refractivity contribution in [2.75, 3.05) is 6.54 Å². The van der Waals surface area contributed by atoms with E-state index in [0.29, 0.717) is 30.7 Å². The SMILES string of the molecule is CC1CCN(C(=O)NC(C2CC2)C2CC2)C(C(=O)O)C1. The fourth-order valence-electron chi connectivity index (χ4n) is 3.38. The number of likely N-dealkylation sites (tertiary alicyclic amines) is 1. The van der Waals surface area contributed by atoms with Crippen LogP contribution in [0.2, 0.25) is 0 Å². The van der Waals surface area contributed by atoms with Gasteiger partial charge in [-0.2, -0.15) is 0 Å². The van der Waals surface area contributed by atoms with Crippen LogP contribution in [0.25, 0.3) is 0 Å². The Bertz CT molecular complexity index is 392. The van der Waals surface area contributed by atoms with Crippen molar-refractivity contribution in [3.63, 3.8) is 0 Å². The van der Waals surface area contributed by atoms with E-state index in [0.717, 1.165) is 6.42 Å². The zero-order chi connectivity index (χ0) is 14.3. The van der Waals surface area contributed by atoms with Gasteiger partial charge in [0.15, 0.2) is 0 Å². The second-order valence-corrected chi connectivity index (χ2v) is 6.83. The van der Waals surface area contributed by atoms with Crippen LogP contribution in [0.3, 0.4) is 0 Å². The van der Waals surface area contributed by atoms with Crippen molar-refractivity contribution >= 4 is 12.0 Å². The molecule has 1 heterocycles. The molecule has 1 aliphatic heterocycles. The summed E-state index contributed by atoms with van der Waals surface area (Å²) < 4.78 is 0. The lowest BCUT2D eigenvalue weighted by Gasteiger charge is -2.37. The second-order valence-electron chi connectivity index (χ2n) is 6.83. The van der Waals surface area contributed by atoms with Crippen LogP contribution in [0.15, 0.2) is 0 Å². The largest absolute Gasteiger partial charge is 0.480 e. The summed E-state index contributed by atoms with van der Waals surface area (Å²) in [5, 5.41) is 12.5. The third-order valence-electron chi connectivity index (χ3n) is 4.96. The van der Waals surface area contributed by atoms with Gasteiger partial charge in [-0.3, -0.25) is 0 Å². The molecule has 5 heteroatoms. The fourth-order valence-corrected chi connectivity index (χ4v) is 3.38. The highest BCUT2D eigenvalue weighted by Gasteiger charge is 2.44. The summed E-state index contributed by atoms with van der Waals surface area (Å²) in [6, 6.07) is -0.526. The normalized spacial score (nSPS) is 30.4. The number of hydrogen-bond acceptors (Lipinski definition) is 2. The highest BCUT2D eigenvalue weighted by molar-refractivity contribution is 5.83. The monoisotopic (exact) mass is 280 g/mol. The number of carboxylic acids is 1. The van der Waals surface area contributed by atoms with Gasteiger partial charge in [-0.25, -0.2) is 9.59 Å². The average Bonchev–Trinajstić information content (AvgIpc) is 3.28. The molecule has 0 aromatic rings. The van der Waals surface area contributed by atoms with Crippen LogP contribution in [0.4, 0.5) is 4.79 Å². The Morgan fingerprint density at radius 3 is 2.25 bits per heavy atom. The van der Waals surface area contributed by atoms with Gasteiger partial charge in [0.1, 0.15) is 6.04 Å². The van der Waals surface area contributed by atoms with Gasteiger partial charge in [-0.15, -0.1) is 0 Å². The van der Waals surface area contributed by atoms with Crippen LogP contribution in [0, 0.1) is 17.8 Å². The molecule has 2 aliphatic carbocycles. The lowest BCUT2D eigenvalue weighted by atomic mass is 9.92. The van der Waals surface area contributed by atoms with Crippen LogP contribution >= 0.6 is 0 Å². The predicted octanol–water partition coefficient (Wildman–Crippen LogP) is 2.07. The average molecular weight is 280 g/mol. The number of urea groups is 1. The molecule has 0 aromatic carbocycles. The van der Waals surface area contributed by atoms with E-state index in [1.54, 1.807) is 4.90 Å². The molecule has 0 radical (unpaired) electrons. The van der Waals surface area contributed by atoms with Crippen LogP contribution in [-0.2, 0) is 4.79 Å². The van der Waals surface area contributed by atoms with Crippen molar-refractivity contribution < 1.29 is 14.7 Å². The van der Waals surface area contributed by atoms with Crippen molar-refractivity contribution in [3.8, 4) is 0 Å².